The first-order valence-corrected chi connectivity index (χ1v) is 11.6. The number of rotatable bonds is 11. The van der Waals surface area contributed by atoms with Crippen molar-refractivity contribution >= 4 is 23.2 Å². The summed E-state index contributed by atoms with van der Waals surface area (Å²) in [6, 6.07) is 23.5. The second-order valence-corrected chi connectivity index (χ2v) is 8.83. The normalized spacial score (nSPS) is 12.7. The van der Waals surface area contributed by atoms with E-state index in [9.17, 15) is 9.90 Å². The lowest BCUT2D eigenvalue weighted by Gasteiger charge is -2.18. The number of benzene rings is 3. The van der Waals surface area contributed by atoms with Crippen molar-refractivity contribution in [2.24, 2.45) is 0 Å². The molecule has 3 rings (SSSR count). The van der Waals surface area contributed by atoms with Gasteiger partial charge in [0.1, 0.15) is 0 Å². The maximum atomic E-state index is 12.2. The molecule has 2 atom stereocenters. The monoisotopic (exact) mass is 465 g/mol. The summed E-state index contributed by atoms with van der Waals surface area (Å²) in [6.45, 7) is 5.80. The van der Waals surface area contributed by atoms with Crippen molar-refractivity contribution in [3.63, 3.8) is 0 Å². The van der Waals surface area contributed by atoms with E-state index >= 15 is 0 Å². The zero-order valence-electron chi connectivity index (χ0n) is 19.1. The number of aliphatic hydroxyl groups is 1. The van der Waals surface area contributed by atoms with E-state index in [-0.39, 0.29) is 11.9 Å². The van der Waals surface area contributed by atoms with E-state index in [2.05, 4.69) is 22.9 Å². The summed E-state index contributed by atoms with van der Waals surface area (Å²) in [4.78, 5) is 12.2. The Labute approximate surface area is 201 Å². The average Bonchev–Trinajstić information content (AvgIpc) is 2.81. The van der Waals surface area contributed by atoms with Gasteiger partial charge in [0.2, 0.25) is 5.91 Å². The van der Waals surface area contributed by atoms with Gasteiger partial charge in [-0.05, 0) is 54.8 Å². The molecule has 174 valence electrons. The Hall–Kier alpha value is -2.86. The summed E-state index contributed by atoms with van der Waals surface area (Å²) in [5.74, 6) is 0.00682. The summed E-state index contributed by atoms with van der Waals surface area (Å²) in [5, 5.41) is 20.6. The molecule has 0 aliphatic heterocycles. The molecule has 0 bridgehead atoms. The Morgan fingerprint density at radius 1 is 0.970 bits per heavy atom. The van der Waals surface area contributed by atoms with Gasteiger partial charge in [-0.1, -0.05) is 65.7 Å². The molecule has 0 saturated heterocycles. The van der Waals surface area contributed by atoms with Gasteiger partial charge in [0.25, 0.3) is 0 Å². The van der Waals surface area contributed by atoms with Crippen LogP contribution in [0.15, 0.2) is 72.8 Å². The molecule has 0 saturated carbocycles. The van der Waals surface area contributed by atoms with Gasteiger partial charge in [-0.3, -0.25) is 4.79 Å². The van der Waals surface area contributed by atoms with Crippen LogP contribution in [-0.4, -0.2) is 30.1 Å². The molecule has 0 unspecified atom stereocenters. The Morgan fingerprint density at radius 2 is 1.67 bits per heavy atom. The molecular formula is C27H32ClN3O2. The average molecular weight is 466 g/mol. The molecule has 1 amide bonds. The van der Waals surface area contributed by atoms with Gasteiger partial charge in [-0.25, -0.2) is 0 Å². The number of anilines is 1. The van der Waals surface area contributed by atoms with E-state index in [1.807, 2.05) is 67.6 Å². The molecule has 0 aliphatic rings. The minimum absolute atomic E-state index is 0.00682. The third-order valence-electron chi connectivity index (χ3n) is 5.43. The summed E-state index contributed by atoms with van der Waals surface area (Å²) in [7, 11) is 0. The maximum absolute atomic E-state index is 12.2. The van der Waals surface area contributed by atoms with Crippen LogP contribution in [0, 0.1) is 6.92 Å². The fourth-order valence-corrected chi connectivity index (χ4v) is 3.58. The van der Waals surface area contributed by atoms with Gasteiger partial charge in [0, 0.05) is 36.4 Å². The summed E-state index contributed by atoms with van der Waals surface area (Å²) in [6.07, 6.45) is -0.256. The van der Waals surface area contributed by atoms with Gasteiger partial charge in [0.05, 0.1) is 12.5 Å². The van der Waals surface area contributed by atoms with Crippen LogP contribution in [0.3, 0.4) is 0 Å². The number of halogens is 1. The van der Waals surface area contributed by atoms with Crippen LogP contribution in [0.4, 0.5) is 5.69 Å². The quantitative estimate of drug-likeness (QED) is 0.333. The number of nitrogens with one attached hydrogen (secondary N) is 3. The van der Waals surface area contributed by atoms with Crippen LogP contribution in [-0.2, 0) is 17.8 Å². The van der Waals surface area contributed by atoms with Crippen molar-refractivity contribution in [1.82, 2.24) is 10.6 Å². The topological polar surface area (TPSA) is 73.4 Å². The second kappa shape index (κ2) is 12.4. The van der Waals surface area contributed by atoms with E-state index in [4.69, 9.17) is 11.6 Å². The number of carbonyl (C=O) groups is 1. The SMILES string of the molecule is Cc1ccc(CNC(=O)Cc2ccc(NC[C@@H](C)NC[C@H](O)c3cccc(Cl)c3)cc2)cc1. The van der Waals surface area contributed by atoms with Crippen molar-refractivity contribution in [1.29, 1.82) is 0 Å². The molecule has 0 aliphatic carbocycles. The van der Waals surface area contributed by atoms with Crippen LogP contribution in [0.25, 0.3) is 0 Å². The first kappa shape index (κ1) is 24.8. The first-order chi connectivity index (χ1) is 15.9. The van der Waals surface area contributed by atoms with Crippen molar-refractivity contribution in [3.05, 3.63) is 100 Å². The van der Waals surface area contributed by atoms with Crippen LogP contribution < -0.4 is 16.0 Å². The fraction of sp³-hybridized carbons (Fsp3) is 0.296. The lowest BCUT2D eigenvalue weighted by Crippen LogP contribution is -2.35. The molecule has 6 heteroatoms. The van der Waals surface area contributed by atoms with Crippen molar-refractivity contribution in [3.8, 4) is 0 Å². The molecule has 0 spiro atoms. The Balaban J connectivity index is 1.37. The highest BCUT2D eigenvalue weighted by atomic mass is 35.5. The third-order valence-corrected chi connectivity index (χ3v) is 5.67. The van der Waals surface area contributed by atoms with Crippen LogP contribution in [0.5, 0.6) is 0 Å². The van der Waals surface area contributed by atoms with Gasteiger partial charge in [-0.2, -0.15) is 0 Å². The van der Waals surface area contributed by atoms with E-state index in [1.54, 1.807) is 12.1 Å². The minimum atomic E-state index is -0.609. The molecule has 33 heavy (non-hydrogen) atoms. The maximum Gasteiger partial charge on any atom is 0.224 e. The largest absolute Gasteiger partial charge is 0.387 e. The number of carbonyl (C=O) groups excluding carboxylic acids is 1. The number of aliphatic hydroxyl groups excluding tert-OH is 1. The van der Waals surface area contributed by atoms with E-state index in [1.165, 1.54) is 5.56 Å². The highest BCUT2D eigenvalue weighted by molar-refractivity contribution is 6.30. The molecule has 4 N–H and O–H groups in total. The van der Waals surface area contributed by atoms with E-state index in [0.29, 0.717) is 31.1 Å². The number of hydrogen-bond donors (Lipinski definition) is 4. The summed E-state index contributed by atoms with van der Waals surface area (Å²) < 4.78 is 0. The fourth-order valence-electron chi connectivity index (χ4n) is 3.38. The number of amides is 1. The van der Waals surface area contributed by atoms with Gasteiger partial charge in [-0.15, -0.1) is 0 Å². The number of hydrogen-bond acceptors (Lipinski definition) is 4. The van der Waals surface area contributed by atoms with Crippen LogP contribution in [0.1, 0.15) is 35.3 Å². The molecular weight excluding hydrogens is 434 g/mol. The van der Waals surface area contributed by atoms with E-state index in [0.717, 1.165) is 22.4 Å². The minimum Gasteiger partial charge on any atom is -0.387 e. The highest BCUT2D eigenvalue weighted by Gasteiger charge is 2.10. The summed E-state index contributed by atoms with van der Waals surface area (Å²) >= 11 is 5.99. The zero-order valence-corrected chi connectivity index (χ0v) is 19.9. The predicted octanol–water partition coefficient (Wildman–Crippen LogP) is 4.63. The summed E-state index contributed by atoms with van der Waals surface area (Å²) in [5.41, 5.74) is 5.06. The van der Waals surface area contributed by atoms with Crippen LogP contribution >= 0.6 is 11.6 Å². The smallest absolute Gasteiger partial charge is 0.224 e. The molecule has 3 aromatic carbocycles. The molecule has 5 nitrogen and oxygen atoms in total. The standard InChI is InChI=1S/C27H32ClN3O2/c1-19-6-8-22(9-7-19)17-31-27(33)14-21-10-12-25(13-11-21)30-16-20(2)29-18-26(32)23-4-3-5-24(28)15-23/h3-13,15,20,26,29-30,32H,14,16-18H2,1-2H3,(H,31,33)/t20-,26+/m1/s1. The Kier molecular flexibility index (Phi) is 9.31. The van der Waals surface area contributed by atoms with Crippen molar-refractivity contribution in [2.75, 3.05) is 18.4 Å². The Bertz CT molecular complexity index is 1020. The molecule has 3 aromatic rings. The number of aryl methyl sites for hydroxylation is 1. The lowest BCUT2D eigenvalue weighted by molar-refractivity contribution is -0.120. The van der Waals surface area contributed by atoms with Crippen LogP contribution in [0.2, 0.25) is 5.02 Å². The Morgan fingerprint density at radius 3 is 2.36 bits per heavy atom. The second-order valence-electron chi connectivity index (χ2n) is 8.40. The zero-order chi connectivity index (χ0) is 23.6. The third kappa shape index (κ3) is 8.54. The van der Waals surface area contributed by atoms with Gasteiger partial charge >= 0.3 is 0 Å². The molecule has 0 aromatic heterocycles. The first-order valence-electron chi connectivity index (χ1n) is 11.2. The van der Waals surface area contributed by atoms with Crippen molar-refractivity contribution in [2.45, 2.75) is 39.0 Å². The molecule has 0 fully saturated rings. The molecule has 0 radical (unpaired) electrons. The van der Waals surface area contributed by atoms with E-state index < -0.39 is 6.10 Å². The van der Waals surface area contributed by atoms with Crippen molar-refractivity contribution < 1.29 is 9.90 Å². The van der Waals surface area contributed by atoms with Gasteiger partial charge in [0.15, 0.2) is 0 Å². The predicted molar refractivity (Wildman–Crippen MR) is 136 cm³/mol. The molecule has 0 heterocycles. The van der Waals surface area contributed by atoms with Gasteiger partial charge < -0.3 is 21.1 Å². The lowest BCUT2D eigenvalue weighted by atomic mass is 10.1. The highest BCUT2D eigenvalue weighted by Crippen LogP contribution is 2.17.